The lowest BCUT2D eigenvalue weighted by Crippen LogP contribution is -2.56. The number of pyridine rings is 1. The van der Waals surface area contributed by atoms with Crippen LogP contribution >= 0.6 is 15.9 Å². The summed E-state index contributed by atoms with van der Waals surface area (Å²) in [6, 6.07) is 2.87. The quantitative estimate of drug-likeness (QED) is 0.290. The van der Waals surface area contributed by atoms with Gasteiger partial charge in [-0.2, -0.15) is 0 Å². The summed E-state index contributed by atoms with van der Waals surface area (Å²) in [4.78, 5) is 71.4. The lowest BCUT2D eigenvalue weighted by molar-refractivity contribution is -0.148. The van der Waals surface area contributed by atoms with Crippen LogP contribution < -0.4 is 25.7 Å². The monoisotopic (exact) mass is 742 g/mol. The number of hydrogen-bond acceptors (Lipinski definition) is 9. The molecule has 49 heavy (non-hydrogen) atoms. The Bertz CT molecular complexity index is 1690. The lowest BCUT2D eigenvalue weighted by Gasteiger charge is -2.29. The second kappa shape index (κ2) is 14.8. The molecule has 2 aliphatic carbocycles. The molecule has 2 saturated carbocycles. The third kappa shape index (κ3) is 7.43. The Morgan fingerprint density at radius 1 is 1.00 bits per heavy atom. The number of rotatable bonds is 6. The van der Waals surface area contributed by atoms with E-state index in [1.165, 1.54) is 25.2 Å². The van der Waals surface area contributed by atoms with Gasteiger partial charge in [-0.3, -0.25) is 14.4 Å². The van der Waals surface area contributed by atoms with Gasteiger partial charge in [0, 0.05) is 23.8 Å². The minimum atomic E-state index is -1.23. The van der Waals surface area contributed by atoms with E-state index >= 15 is 0 Å². The largest absolute Gasteiger partial charge is 0.495 e. The Labute approximate surface area is 292 Å². The van der Waals surface area contributed by atoms with E-state index in [4.69, 9.17) is 18.9 Å². The Balaban J connectivity index is 1.30. The fourth-order valence-corrected chi connectivity index (χ4v) is 7.93. The highest BCUT2D eigenvalue weighted by Crippen LogP contribution is 2.46. The van der Waals surface area contributed by atoms with Crippen molar-refractivity contribution in [3.05, 3.63) is 45.2 Å². The highest BCUT2D eigenvalue weighted by molar-refractivity contribution is 9.10. The normalized spacial score (nSPS) is 27.7. The van der Waals surface area contributed by atoms with Crippen LogP contribution in [0.4, 0.5) is 4.79 Å². The van der Waals surface area contributed by atoms with Crippen LogP contribution in [0.3, 0.4) is 0 Å². The molecule has 2 aliphatic heterocycles. The molecule has 1 saturated heterocycles. The van der Waals surface area contributed by atoms with E-state index < -0.39 is 53.2 Å². The first-order valence-electron chi connectivity index (χ1n) is 17.0. The van der Waals surface area contributed by atoms with Gasteiger partial charge in [-0.25, -0.2) is 9.59 Å². The molecule has 3 N–H and O–H groups in total. The topological polar surface area (TPSA) is 165 Å². The molecule has 5 atom stereocenters. The van der Waals surface area contributed by atoms with Crippen LogP contribution in [0, 0.1) is 5.92 Å². The van der Waals surface area contributed by atoms with E-state index in [2.05, 4.69) is 31.5 Å². The summed E-state index contributed by atoms with van der Waals surface area (Å²) >= 11 is 3.49. The molecule has 1 aromatic heterocycles. The molecule has 2 aromatic rings. The van der Waals surface area contributed by atoms with Crippen molar-refractivity contribution in [2.45, 2.75) is 100 Å². The van der Waals surface area contributed by atoms with Crippen LogP contribution in [0.5, 0.6) is 11.5 Å². The summed E-state index contributed by atoms with van der Waals surface area (Å²) in [5.41, 5.74) is -1.16. The van der Waals surface area contributed by atoms with Crippen molar-refractivity contribution in [1.82, 2.24) is 20.5 Å². The van der Waals surface area contributed by atoms with Crippen LogP contribution in [0.2, 0.25) is 0 Å². The van der Waals surface area contributed by atoms with Crippen LogP contribution in [0.15, 0.2) is 39.6 Å². The van der Waals surface area contributed by atoms with Gasteiger partial charge in [-0.15, -0.1) is 0 Å². The predicted octanol–water partition coefficient (Wildman–Crippen LogP) is 4.25. The maximum atomic E-state index is 14.4. The minimum absolute atomic E-state index is 0.00689. The summed E-state index contributed by atoms with van der Waals surface area (Å²) in [5.74, 6) is -0.947. The van der Waals surface area contributed by atoms with E-state index in [9.17, 15) is 24.0 Å². The first-order valence-corrected chi connectivity index (χ1v) is 17.8. The second-order valence-corrected chi connectivity index (χ2v) is 14.1. The van der Waals surface area contributed by atoms with Crippen molar-refractivity contribution >= 4 is 50.7 Å². The smallest absolute Gasteiger partial charge is 0.408 e. The van der Waals surface area contributed by atoms with Crippen molar-refractivity contribution in [1.29, 1.82) is 0 Å². The van der Waals surface area contributed by atoms with Gasteiger partial charge in [-0.1, -0.05) is 25.0 Å². The molecule has 14 heteroatoms. The molecule has 0 radical (unpaired) electrons. The molecule has 0 bridgehead atoms. The summed E-state index contributed by atoms with van der Waals surface area (Å²) in [6.45, 7) is 0.00689. The van der Waals surface area contributed by atoms with Gasteiger partial charge in [0.15, 0.2) is 0 Å². The van der Waals surface area contributed by atoms with Crippen LogP contribution in [-0.4, -0.2) is 84.4 Å². The average molecular weight is 744 g/mol. The maximum absolute atomic E-state index is 14.4. The lowest BCUT2D eigenvalue weighted by atomic mass is 10.0. The number of aromatic nitrogens is 1. The van der Waals surface area contributed by atoms with Gasteiger partial charge in [0.05, 0.1) is 30.8 Å². The van der Waals surface area contributed by atoms with Gasteiger partial charge >= 0.3 is 12.1 Å². The molecule has 0 unspecified atom stereocenters. The second-order valence-electron chi connectivity index (χ2n) is 13.3. The van der Waals surface area contributed by atoms with E-state index in [0.717, 1.165) is 44.9 Å². The average Bonchev–Trinajstić information content (AvgIpc) is 3.37. The Morgan fingerprint density at radius 3 is 2.53 bits per heavy atom. The highest BCUT2D eigenvalue weighted by Gasteiger charge is 2.62. The first-order chi connectivity index (χ1) is 23.6. The van der Waals surface area contributed by atoms with Gasteiger partial charge in [0.2, 0.25) is 11.8 Å². The number of H-pyrrole nitrogens is 1. The number of allylic oxidation sites excluding steroid dienone is 1. The van der Waals surface area contributed by atoms with E-state index in [1.54, 1.807) is 12.1 Å². The number of carbonyl (C=O) groups is 4. The zero-order valence-corrected chi connectivity index (χ0v) is 29.3. The summed E-state index contributed by atoms with van der Waals surface area (Å²) in [6.07, 6.45) is 9.97. The first kappa shape index (κ1) is 34.8. The fourth-order valence-electron chi connectivity index (χ4n) is 7.32. The molecular weight excluding hydrogens is 700 g/mol. The number of nitrogens with one attached hydrogen (secondary N) is 3. The number of halogens is 1. The molecule has 13 nitrogen and oxygen atoms in total. The van der Waals surface area contributed by atoms with Crippen molar-refractivity contribution in [3.63, 3.8) is 0 Å². The van der Waals surface area contributed by atoms with Gasteiger partial charge in [-0.05, 0) is 79.4 Å². The molecule has 0 spiro atoms. The van der Waals surface area contributed by atoms with Crippen LogP contribution in [0.25, 0.3) is 10.9 Å². The molecule has 6 rings (SSSR count). The van der Waals surface area contributed by atoms with E-state index in [1.807, 2.05) is 12.2 Å². The van der Waals surface area contributed by atoms with Crippen molar-refractivity contribution in [2.75, 3.05) is 20.8 Å². The summed E-state index contributed by atoms with van der Waals surface area (Å²) < 4.78 is 23.1. The van der Waals surface area contributed by atoms with Crippen LogP contribution in [-0.2, 0) is 23.9 Å². The molecule has 1 aromatic carbocycles. The Morgan fingerprint density at radius 2 is 1.78 bits per heavy atom. The fraction of sp³-hybridized carbons (Fsp3) is 0.571. The number of carbonyl (C=O) groups excluding carboxylic acids is 4. The standard InChI is InChI=1S/C35H43BrN4O9/c1-46-26-15-14-23-27(17-28(41)38-30(23)29(26)36)48-22-16-25-31(42)39-35(33(44)47-2)18-20(35)10-6-4-3-5-7-13-24(32(43)40(25)19-22)37-34(45)49-21-11-8-9-12-21/h6,10,14-15,17,20-22,24-25H,3-5,7-9,11-13,16,18-19H2,1-2H3,(H,37,45)(H,38,41)(H,39,42)/t20-,22-,24+,25+,35-/m1/s1. The molecular formula is C35H43BrN4O9. The predicted molar refractivity (Wildman–Crippen MR) is 182 cm³/mol. The Kier molecular flexibility index (Phi) is 10.5. The number of methoxy groups -OCH3 is 2. The third-order valence-corrected chi connectivity index (χ3v) is 10.8. The highest BCUT2D eigenvalue weighted by atomic mass is 79.9. The number of esters is 1. The number of benzene rings is 1. The van der Waals surface area contributed by atoms with E-state index in [0.29, 0.717) is 40.4 Å². The number of alkyl carbamates (subject to hydrolysis) is 1. The number of aromatic amines is 1. The number of hydrogen-bond donors (Lipinski definition) is 3. The van der Waals surface area contributed by atoms with Crippen molar-refractivity contribution < 1.29 is 38.1 Å². The molecule has 4 aliphatic rings. The minimum Gasteiger partial charge on any atom is -0.495 e. The SMILES string of the molecule is COC(=O)[C@@]12C[C@H]1C=CCCCCC[C@H](NC(=O)OC1CCCC1)C(=O)N1C[C@H](Oc3cc(=O)[nH]c4c(Br)c(OC)ccc34)C[C@H]1C(=O)N2. The van der Waals surface area contributed by atoms with Gasteiger partial charge in [0.1, 0.15) is 41.3 Å². The third-order valence-electron chi connectivity index (χ3n) is 10.1. The Hall–Kier alpha value is -4.07. The maximum Gasteiger partial charge on any atom is 0.408 e. The van der Waals surface area contributed by atoms with Gasteiger partial charge < -0.3 is 39.5 Å². The number of amides is 3. The molecule has 264 valence electrons. The number of fused-ring (bicyclic) bond motifs is 3. The van der Waals surface area contributed by atoms with E-state index in [-0.39, 0.29) is 30.7 Å². The van der Waals surface area contributed by atoms with Crippen LogP contribution in [0.1, 0.15) is 70.6 Å². The molecule has 3 fully saturated rings. The van der Waals surface area contributed by atoms with Gasteiger partial charge in [0.25, 0.3) is 5.56 Å². The zero-order chi connectivity index (χ0) is 34.7. The molecule has 3 amide bonds. The van der Waals surface area contributed by atoms with Crippen molar-refractivity contribution in [2.24, 2.45) is 5.92 Å². The summed E-state index contributed by atoms with van der Waals surface area (Å²) in [5, 5.41) is 6.33. The molecule has 3 heterocycles. The zero-order valence-electron chi connectivity index (χ0n) is 27.8. The number of ether oxygens (including phenoxy) is 4. The summed E-state index contributed by atoms with van der Waals surface area (Å²) in [7, 11) is 2.81. The number of nitrogens with zero attached hydrogens (tertiary/aromatic N) is 1. The van der Waals surface area contributed by atoms with Crippen molar-refractivity contribution in [3.8, 4) is 11.5 Å².